The van der Waals surface area contributed by atoms with Gasteiger partial charge in [-0.1, -0.05) is 17.7 Å². The molecule has 0 aliphatic carbocycles. The van der Waals surface area contributed by atoms with Crippen LogP contribution in [0.5, 0.6) is 5.75 Å². The molecule has 0 aliphatic heterocycles. The summed E-state index contributed by atoms with van der Waals surface area (Å²) in [7, 11) is 3.47. The summed E-state index contributed by atoms with van der Waals surface area (Å²) >= 11 is 0. The van der Waals surface area contributed by atoms with E-state index >= 15 is 0 Å². The predicted molar refractivity (Wildman–Crippen MR) is 111 cm³/mol. The molecule has 0 unspecified atom stereocenters. The number of benzene rings is 1. The quantitative estimate of drug-likeness (QED) is 0.488. The summed E-state index contributed by atoms with van der Waals surface area (Å²) in [5, 5.41) is 10.9. The van der Waals surface area contributed by atoms with Gasteiger partial charge in [0.15, 0.2) is 11.8 Å². The fourth-order valence-corrected chi connectivity index (χ4v) is 2.92. The summed E-state index contributed by atoms with van der Waals surface area (Å²) in [6.45, 7) is 3.49. The lowest BCUT2D eigenvalue weighted by Crippen LogP contribution is -2.37. The number of aromatic nitrogens is 3. The number of hydrogen-bond donors (Lipinski definition) is 2. The van der Waals surface area contributed by atoms with Gasteiger partial charge in [0.2, 0.25) is 0 Å². The molecule has 0 aliphatic rings. The lowest BCUT2D eigenvalue weighted by molar-refractivity contribution is 0.409. The van der Waals surface area contributed by atoms with Gasteiger partial charge in [-0.3, -0.25) is 4.99 Å². The predicted octanol–water partition coefficient (Wildman–Crippen LogP) is 2.49. The Bertz CT molecular complexity index is 920. The molecule has 1 aromatic carbocycles. The van der Waals surface area contributed by atoms with Crippen LogP contribution in [0, 0.1) is 6.92 Å². The average Bonchev–Trinajstić information content (AvgIpc) is 3.26. The normalized spacial score (nSPS) is 11.3. The molecule has 2 N–H and O–H groups in total. The fraction of sp³-hybridized carbons (Fsp3) is 0.286. The maximum absolute atomic E-state index is 5.44. The molecule has 2 aromatic heterocycles. The number of rotatable bonds is 7. The molecule has 0 fully saturated rings. The maximum Gasteiger partial charge on any atom is 0.191 e. The third-order valence-electron chi connectivity index (χ3n) is 4.36. The first-order valence-corrected chi connectivity index (χ1v) is 9.22. The Balaban J connectivity index is 1.53. The molecular formula is C21H26N6O. The summed E-state index contributed by atoms with van der Waals surface area (Å²) in [5.74, 6) is 2.46. The smallest absolute Gasteiger partial charge is 0.191 e. The van der Waals surface area contributed by atoms with Crippen LogP contribution in [0.1, 0.15) is 16.7 Å². The highest BCUT2D eigenvalue weighted by molar-refractivity contribution is 5.79. The van der Waals surface area contributed by atoms with Crippen LogP contribution < -0.4 is 15.4 Å². The number of ether oxygens (including phenoxy) is 1. The van der Waals surface area contributed by atoms with E-state index < -0.39 is 0 Å². The zero-order chi connectivity index (χ0) is 19.8. The first-order valence-electron chi connectivity index (χ1n) is 9.22. The number of hydrogen-bond acceptors (Lipinski definition) is 4. The summed E-state index contributed by atoms with van der Waals surface area (Å²) in [4.78, 5) is 8.65. The second-order valence-electron chi connectivity index (χ2n) is 6.39. The van der Waals surface area contributed by atoms with Gasteiger partial charge in [0.1, 0.15) is 5.75 Å². The molecule has 28 heavy (non-hydrogen) atoms. The lowest BCUT2D eigenvalue weighted by Gasteiger charge is -2.14. The van der Waals surface area contributed by atoms with Crippen LogP contribution in [0.3, 0.4) is 0 Å². The molecule has 0 bridgehead atoms. The molecule has 7 heteroatoms. The van der Waals surface area contributed by atoms with Gasteiger partial charge in [-0.25, -0.2) is 9.67 Å². The first kappa shape index (κ1) is 19.4. The van der Waals surface area contributed by atoms with Crippen LogP contribution in [0.25, 0.3) is 5.82 Å². The highest BCUT2D eigenvalue weighted by Crippen LogP contribution is 2.19. The van der Waals surface area contributed by atoms with Gasteiger partial charge >= 0.3 is 0 Å². The Morgan fingerprint density at radius 3 is 2.82 bits per heavy atom. The van der Waals surface area contributed by atoms with E-state index in [9.17, 15) is 0 Å². The van der Waals surface area contributed by atoms with Crippen LogP contribution >= 0.6 is 0 Å². The Labute approximate surface area is 165 Å². The van der Waals surface area contributed by atoms with Crippen molar-refractivity contribution in [1.29, 1.82) is 0 Å². The molecule has 7 nitrogen and oxygen atoms in total. The van der Waals surface area contributed by atoms with Crippen molar-refractivity contribution in [3.05, 3.63) is 71.7 Å². The Morgan fingerprint density at radius 1 is 1.18 bits per heavy atom. The van der Waals surface area contributed by atoms with E-state index in [0.29, 0.717) is 6.54 Å². The molecule has 2 heterocycles. The molecule has 0 atom stereocenters. The highest BCUT2D eigenvalue weighted by atomic mass is 16.5. The van der Waals surface area contributed by atoms with Crippen LogP contribution in [-0.4, -0.2) is 41.4 Å². The summed E-state index contributed by atoms with van der Waals surface area (Å²) in [5.41, 5.74) is 3.51. The van der Waals surface area contributed by atoms with E-state index in [-0.39, 0.29) is 0 Å². The first-order chi connectivity index (χ1) is 13.7. The Hall–Kier alpha value is -3.35. The molecule has 0 saturated heterocycles. The summed E-state index contributed by atoms with van der Waals surface area (Å²) in [6, 6.07) is 12.1. The Morgan fingerprint density at radius 2 is 2.07 bits per heavy atom. The number of nitrogens with one attached hydrogen (secondary N) is 2. The van der Waals surface area contributed by atoms with Crippen molar-refractivity contribution in [2.24, 2.45) is 4.99 Å². The van der Waals surface area contributed by atoms with Gasteiger partial charge < -0.3 is 15.4 Å². The van der Waals surface area contributed by atoms with Crippen LogP contribution in [0.15, 0.2) is 60.0 Å². The van der Waals surface area contributed by atoms with Crippen LogP contribution in [0.2, 0.25) is 0 Å². The standard InChI is InChI=1S/C21H26N6O/c1-16-5-6-19(28-3)18(13-16)8-11-24-21(22-2)25-15-17-7-10-23-20(14-17)27-12-4-9-26-27/h4-7,9-10,12-14H,8,11,15H2,1-3H3,(H2,22,24,25). The molecule has 0 saturated carbocycles. The minimum atomic E-state index is 0.643. The molecule has 146 valence electrons. The van der Waals surface area contributed by atoms with Gasteiger partial charge in [0.25, 0.3) is 0 Å². The second kappa shape index (κ2) is 9.55. The third-order valence-corrected chi connectivity index (χ3v) is 4.36. The minimum absolute atomic E-state index is 0.643. The van der Waals surface area contributed by atoms with Crippen molar-refractivity contribution in [2.75, 3.05) is 20.7 Å². The van der Waals surface area contributed by atoms with Crippen molar-refractivity contribution in [3.63, 3.8) is 0 Å². The van der Waals surface area contributed by atoms with E-state index in [2.05, 4.69) is 44.8 Å². The number of methoxy groups -OCH3 is 1. The molecule has 0 radical (unpaired) electrons. The van der Waals surface area contributed by atoms with E-state index in [4.69, 9.17) is 4.74 Å². The van der Waals surface area contributed by atoms with Crippen molar-refractivity contribution < 1.29 is 4.74 Å². The number of pyridine rings is 1. The topological polar surface area (TPSA) is 76.4 Å². The van der Waals surface area contributed by atoms with Gasteiger partial charge in [0.05, 0.1) is 7.11 Å². The zero-order valence-electron chi connectivity index (χ0n) is 16.5. The maximum atomic E-state index is 5.44. The van der Waals surface area contributed by atoms with Gasteiger partial charge in [-0.15, -0.1) is 0 Å². The number of aryl methyl sites for hydroxylation is 1. The molecular weight excluding hydrogens is 352 g/mol. The van der Waals surface area contributed by atoms with Crippen LogP contribution in [-0.2, 0) is 13.0 Å². The highest BCUT2D eigenvalue weighted by Gasteiger charge is 2.05. The van der Waals surface area contributed by atoms with Crippen molar-refractivity contribution >= 4 is 5.96 Å². The molecule has 0 spiro atoms. The van der Waals surface area contributed by atoms with E-state index in [1.54, 1.807) is 31.2 Å². The van der Waals surface area contributed by atoms with E-state index in [0.717, 1.165) is 36.1 Å². The average molecular weight is 378 g/mol. The van der Waals surface area contributed by atoms with Gasteiger partial charge in [-0.2, -0.15) is 5.10 Å². The number of nitrogens with zero attached hydrogens (tertiary/aromatic N) is 4. The Kier molecular flexibility index (Phi) is 6.62. The van der Waals surface area contributed by atoms with E-state index in [1.807, 2.05) is 30.5 Å². The largest absolute Gasteiger partial charge is 0.496 e. The molecule has 3 rings (SSSR count). The fourth-order valence-electron chi connectivity index (χ4n) is 2.92. The SMILES string of the molecule is CN=C(NCCc1cc(C)ccc1OC)NCc1ccnc(-n2cccn2)c1. The third kappa shape index (κ3) is 5.09. The van der Waals surface area contributed by atoms with Crippen molar-refractivity contribution in [1.82, 2.24) is 25.4 Å². The van der Waals surface area contributed by atoms with Gasteiger partial charge in [-0.05, 0) is 48.7 Å². The lowest BCUT2D eigenvalue weighted by atomic mass is 10.1. The molecule has 0 amide bonds. The van der Waals surface area contributed by atoms with Crippen LogP contribution in [0.4, 0.5) is 0 Å². The monoisotopic (exact) mass is 378 g/mol. The number of guanidine groups is 1. The molecule has 3 aromatic rings. The van der Waals surface area contributed by atoms with Gasteiger partial charge in [0, 0.05) is 38.7 Å². The summed E-state index contributed by atoms with van der Waals surface area (Å²) < 4.78 is 7.19. The van der Waals surface area contributed by atoms with Crippen molar-refractivity contribution in [3.8, 4) is 11.6 Å². The van der Waals surface area contributed by atoms with E-state index in [1.165, 1.54) is 11.1 Å². The zero-order valence-corrected chi connectivity index (χ0v) is 16.5. The minimum Gasteiger partial charge on any atom is -0.496 e. The second-order valence-corrected chi connectivity index (χ2v) is 6.39. The number of aliphatic imine (C=N–C) groups is 1. The summed E-state index contributed by atoms with van der Waals surface area (Å²) in [6.07, 6.45) is 6.25. The van der Waals surface area contributed by atoms with Crippen molar-refractivity contribution in [2.45, 2.75) is 19.9 Å².